The molecular weight excluding hydrogens is 353 g/mol. The van der Waals surface area contributed by atoms with E-state index in [2.05, 4.69) is 4.72 Å². The molecule has 1 aliphatic carbocycles. The van der Waals surface area contributed by atoms with E-state index in [0.717, 1.165) is 18.2 Å². The molecule has 0 atom stereocenters. The van der Waals surface area contributed by atoms with E-state index >= 15 is 0 Å². The zero-order valence-corrected chi connectivity index (χ0v) is 15.0. The van der Waals surface area contributed by atoms with E-state index in [4.69, 9.17) is 0 Å². The van der Waals surface area contributed by atoms with Crippen LogP contribution in [0.1, 0.15) is 36.8 Å². The van der Waals surface area contributed by atoms with Gasteiger partial charge in [0.25, 0.3) is 10.0 Å². The molecule has 6 heteroatoms. The van der Waals surface area contributed by atoms with E-state index < -0.39 is 27.2 Å². The molecule has 2 aromatic carbocycles. The molecule has 0 heterocycles. The summed E-state index contributed by atoms with van der Waals surface area (Å²) in [5.41, 5.74) is 0.233. The van der Waals surface area contributed by atoms with Crippen molar-refractivity contribution in [2.24, 2.45) is 0 Å². The molecule has 0 aliphatic heterocycles. The first kappa shape index (κ1) is 18.3. The number of rotatable bonds is 5. The Labute approximate surface area is 152 Å². The Morgan fingerprint density at radius 1 is 1.04 bits per heavy atom. The second-order valence-electron chi connectivity index (χ2n) is 6.49. The summed E-state index contributed by atoms with van der Waals surface area (Å²) in [6.07, 6.45) is 4.02. The first-order valence-electron chi connectivity index (χ1n) is 8.48. The first-order chi connectivity index (χ1) is 12.4. The van der Waals surface area contributed by atoms with Gasteiger partial charge in [-0.05, 0) is 42.2 Å². The largest absolute Gasteiger partial charge is 0.273 e. The SMILES string of the molecule is O=C(NS(=O)(=O)/C=C/c1ccccc1)C1(c2cccc(F)c2)CCCC1. The van der Waals surface area contributed by atoms with E-state index in [9.17, 15) is 17.6 Å². The topological polar surface area (TPSA) is 63.2 Å². The molecular formula is C20H20FNO3S. The van der Waals surface area contributed by atoms with Gasteiger partial charge in [0.2, 0.25) is 5.91 Å². The molecule has 0 bridgehead atoms. The summed E-state index contributed by atoms with van der Waals surface area (Å²) < 4.78 is 40.4. The minimum absolute atomic E-state index is 0.437. The highest BCUT2D eigenvalue weighted by atomic mass is 32.2. The van der Waals surface area contributed by atoms with Crippen molar-refractivity contribution in [2.75, 3.05) is 0 Å². The van der Waals surface area contributed by atoms with Crippen LogP contribution in [0.2, 0.25) is 0 Å². The van der Waals surface area contributed by atoms with Crippen LogP contribution in [-0.4, -0.2) is 14.3 Å². The lowest BCUT2D eigenvalue weighted by Crippen LogP contribution is -2.44. The maximum atomic E-state index is 13.6. The zero-order chi connectivity index (χ0) is 18.6. The van der Waals surface area contributed by atoms with Crippen LogP contribution in [0.5, 0.6) is 0 Å². The quantitative estimate of drug-likeness (QED) is 0.868. The standard InChI is InChI=1S/C20H20FNO3S/c21-18-10-6-9-17(15-18)20(12-4-5-13-20)19(23)22-26(24,25)14-11-16-7-2-1-3-8-16/h1-3,6-11,14-15H,4-5,12-13H2,(H,22,23)/b14-11+. The third-order valence-corrected chi connectivity index (χ3v) is 5.71. The highest BCUT2D eigenvalue weighted by Crippen LogP contribution is 2.41. The van der Waals surface area contributed by atoms with Crippen LogP contribution in [0, 0.1) is 5.82 Å². The average molecular weight is 373 g/mol. The third kappa shape index (κ3) is 4.02. The van der Waals surface area contributed by atoms with E-state index in [1.165, 1.54) is 18.2 Å². The molecule has 0 saturated heterocycles. The van der Waals surface area contributed by atoms with Crippen LogP contribution in [0.4, 0.5) is 4.39 Å². The fourth-order valence-corrected chi connectivity index (χ4v) is 4.26. The maximum Gasteiger partial charge on any atom is 0.257 e. The molecule has 0 unspecified atom stereocenters. The Morgan fingerprint density at radius 2 is 1.73 bits per heavy atom. The van der Waals surface area contributed by atoms with Crippen molar-refractivity contribution >= 4 is 22.0 Å². The Morgan fingerprint density at radius 3 is 2.38 bits per heavy atom. The zero-order valence-electron chi connectivity index (χ0n) is 14.2. The van der Waals surface area contributed by atoms with Gasteiger partial charge in [0, 0.05) is 0 Å². The van der Waals surface area contributed by atoms with Gasteiger partial charge in [0.1, 0.15) is 5.82 Å². The monoisotopic (exact) mass is 373 g/mol. The molecule has 1 amide bonds. The number of hydrogen-bond acceptors (Lipinski definition) is 3. The van der Waals surface area contributed by atoms with Crippen LogP contribution < -0.4 is 4.72 Å². The lowest BCUT2D eigenvalue weighted by molar-refractivity contribution is -0.124. The molecule has 2 aromatic rings. The van der Waals surface area contributed by atoms with Gasteiger partial charge in [-0.3, -0.25) is 4.79 Å². The number of hydrogen-bond donors (Lipinski definition) is 1. The van der Waals surface area contributed by atoms with Gasteiger partial charge in [-0.15, -0.1) is 0 Å². The van der Waals surface area contributed by atoms with Crippen LogP contribution >= 0.6 is 0 Å². The molecule has 1 aliphatic rings. The van der Waals surface area contributed by atoms with Crippen molar-refractivity contribution in [2.45, 2.75) is 31.1 Å². The van der Waals surface area contributed by atoms with Gasteiger partial charge < -0.3 is 0 Å². The van der Waals surface area contributed by atoms with Gasteiger partial charge >= 0.3 is 0 Å². The third-order valence-electron chi connectivity index (χ3n) is 4.74. The van der Waals surface area contributed by atoms with Crippen LogP contribution in [-0.2, 0) is 20.2 Å². The summed E-state index contributed by atoms with van der Waals surface area (Å²) in [6, 6.07) is 14.8. The number of carbonyl (C=O) groups excluding carboxylic acids is 1. The lowest BCUT2D eigenvalue weighted by atomic mass is 9.78. The van der Waals surface area contributed by atoms with Gasteiger partial charge in [-0.2, -0.15) is 0 Å². The van der Waals surface area contributed by atoms with Crippen molar-refractivity contribution in [3.05, 3.63) is 76.9 Å². The highest BCUT2D eigenvalue weighted by Gasteiger charge is 2.44. The van der Waals surface area contributed by atoms with Gasteiger partial charge in [-0.25, -0.2) is 17.5 Å². The molecule has 1 saturated carbocycles. The molecule has 1 N–H and O–H groups in total. The van der Waals surface area contributed by atoms with Crippen molar-refractivity contribution in [1.29, 1.82) is 0 Å². The number of nitrogens with one attached hydrogen (secondary N) is 1. The number of amides is 1. The number of carbonyl (C=O) groups is 1. The lowest BCUT2D eigenvalue weighted by Gasteiger charge is -2.27. The Bertz CT molecular complexity index is 917. The Kier molecular flexibility index (Phi) is 5.23. The summed E-state index contributed by atoms with van der Waals surface area (Å²) in [5, 5.41) is 0.981. The molecule has 0 radical (unpaired) electrons. The highest BCUT2D eigenvalue weighted by molar-refractivity contribution is 7.93. The fourth-order valence-electron chi connectivity index (χ4n) is 3.40. The molecule has 26 heavy (non-hydrogen) atoms. The minimum Gasteiger partial charge on any atom is -0.273 e. The summed E-state index contributed by atoms with van der Waals surface area (Å²) >= 11 is 0. The van der Waals surface area contributed by atoms with Gasteiger partial charge in [0.05, 0.1) is 10.8 Å². The Balaban J connectivity index is 1.83. The normalized spacial score (nSPS) is 16.7. The Hall–Kier alpha value is -2.47. The van der Waals surface area contributed by atoms with Crippen molar-refractivity contribution < 1.29 is 17.6 Å². The summed E-state index contributed by atoms with van der Waals surface area (Å²) in [6.45, 7) is 0. The van der Waals surface area contributed by atoms with Crippen LogP contribution in [0.3, 0.4) is 0 Å². The smallest absolute Gasteiger partial charge is 0.257 e. The fraction of sp³-hybridized carbons (Fsp3) is 0.250. The molecule has 1 fully saturated rings. The van der Waals surface area contributed by atoms with Crippen molar-refractivity contribution in [1.82, 2.24) is 4.72 Å². The van der Waals surface area contributed by atoms with E-state index in [1.807, 2.05) is 6.07 Å². The second-order valence-corrected chi connectivity index (χ2v) is 8.06. The number of halogens is 1. The first-order valence-corrected chi connectivity index (χ1v) is 10.0. The van der Waals surface area contributed by atoms with E-state index in [1.54, 1.807) is 36.4 Å². The van der Waals surface area contributed by atoms with Crippen LogP contribution in [0.15, 0.2) is 60.0 Å². The molecule has 136 valence electrons. The molecule has 0 aromatic heterocycles. The van der Waals surface area contributed by atoms with Crippen LogP contribution in [0.25, 0.3) is 6.08 Å². The van der Waals surface area contributed by atoms with Gasteiger partial charge in [0.15, 0.2) is 0 Å². The predicted octanol–water partition coefficient (Wildman–Crippen LogP) is 3.75. The molecule has 3 rings (SSSR count). The molecule has 4 nitrogen and oxygen atoms in total. The summed E-state index contributed by atoms with van der Waals surface area (Å²) in [5.74, 6) is -1.04. The van der Waals surface area contributed by atoms with E-state index in [0.29, 0.717) is 24.0 Å². The predicted molar refractivity (Wildman–Crippen MR) is 99.1 cm³/mol. The summed E-state index contributed by atoms with van der Waals surface area (Å²) in [4.78, 5) is 12.9. The second kappa shape index (κ2) is 7.41. The number of benzene rings is 2. The summed E-state index contributed by atoms with van der Waals surface area (Å²) in [7, 11) is -3.95. The van der Waals surface area contributed by atoms with E-state index in [-0.39, 0.29) is 0 Å². The van der Waals surface area contributed by atoms with Gasteiger partial charge in [-0.1, -0.05) is 55.3 Å². The molecule has 0 spiro atoms. The minimum atomic E-state index is -3.95. The number of sulfonamides is 1. The maximum absolute atomic E-state index is 13.6. The van der Waals surface area contributed by atoms with Crippen molar-refractivity contribution in [3.63, 3.8) is 0 Å². The average Bonchev–Trinajstić information content (AvgIpc) is 3.12. The van der Waals surface area contributed by atoms with Crippen molar-refractivity contribution in [3.8, 4) is 0 Å².